The minimum atomic E-state index is -0.226. The third-order valence-corrected chi connectivity index (χ3v) is 5.03. The van der Waals surface area contributed by atoms with Crippen molar-refractivity contribution in [2.24, 2.45) is 23.2 Å². The number of aliphatic hydroxyl groups is 1. The molecule has 2 amide bonds. The zero-order valence-corrected chi connectivity index (χ0v) is 12.0. The highest BCUT2D eigenvalue weighted by Crippen LogP contribution is 2.61. The fourth-order valence-corrected chi connectivity index (χ4v) is 4.24. The van der Waals surface area contributed by atoms with E-state index in [4.69, 9.17) is 9.84 Å². The second kappa shape index (κ2) is 5.39. The summed E-state index contributed by atoms with van der Waals surface area (Å²) in [6.07, 6.45) is 7.70. The lowest BCUT2D eigenvalue weighted by molar-refractivity contribution is -0.142. The van der Waals surface area contributed by atoms with Gasteiger partial charge in [-0.2, -0.15) is 0 Å². The molecule has 21 heavy (non-hydrogen) atoms. The molecule has 4 atom stereocenters. The summed E-state index contributed by atoms with van der Waals surface area (Å²) < 4.78 is 5.18. The van der Waals surface area contributed by atoms with Crippen LogP contribution in [-0.4, -0.2) is 48.2 Å². The van der Waals surface area contributed by atoms with Crippen molar-refractivity contribution in [3.8, 4) is 0 Å². The van der Waals surface area contributed by atoms with Gasteiger partial charge in [-0.15, -0.1) is 6.58 Å². The number of ether oxygens (including phenoxy) is 1. The molecule has 5 heteroatoms. The number of rotatable bonds is 7. The van der Waals surface area contributed by atoms with Crippen LogP contribution in [0.2, 0.25) is 0 Å². The van der Waals surface area contributed by atoms with Crippen LogP contribution in [0.4, 0.5) is 0 Å². The van der Waals surface area contributed by atoms with E-state index in [0.717, 1.165) is 12.8 Å². The monoisotopic (exact) mass is 291 g/mol. The molecule has 0 aromatic rings. The highest BCUT2D eigenvalue weighted by atomic mass is 16.5. The average Bonchev–Trinajstić information content (AvgIpc) is 3.08. The Balaban J connectivity index is 1.75. The van der Waals surface area contributed by atoms with E-state index >= 15 is 0 Å². The maximum atomic E-state index is 12.7. The summed E-state index contributed by atoms with van der Waals surface area (Å²) in [6.45, 7) is 4.53. The van der Waals surface area contributed by atoms with Crippen LogP contribution in [0, 0.1) is 23.2 Å². The fourth-order valence-electron chi connectivity index (χ4n) is 4.24. The summed E-state index contributed by atoms with van der Waals surface area (Å²) in [5.41, 5.74) is -0.204. The van der Waals surface area contributed by atoms with Crippen molar-refractivity contribution < 1.29 is 19.4 Å². The van der Waals surface area contributed by atoms with Gasteiger partial charge in [0.15, 0.2) is 0 Å². The number of fused-ring (bicyclic) bond motifs is 5. The van der Waals surface area contributed by atoms with Crippen LogP contribution in [0.3, 0.4) is 0 Å². The van der Waals surface area contributed by atoms with Gasteiger partial charge in [0.1, 0.15) is 0 Å². The van der Waals surface area contributed by atoms with Crippen molar-refractivity contribution in [3.63, 3.8) is 0 Å². The molecule has 2 bridgehead atoms. The Bertz CT molecular complexity index is 501. The van der Waals surface area contributed by atoms with Gasteiger partial charge in [0.25, 0.3) is 0 Å². The predicted molar refractivity (Wildman–Crippen MR) is 76.1 cm³/mol. The number of allylic oxidation sites excluding steroid dienone is 3. The Morgan fingerprint density at radius 2 is 2.24 bits per heavy atom. The van der Waals surface area contributed by atoms with Gasteiger partial charge in [0, 0.05) is 5.41 Å². The third kappa shape index (κ3) is 2.07. The van der Waals surface area contributed by atoms with Crippen molar-refractivity contribution >= 4 is 11.8 Å². The highest BCUT2D eigenvalue weighted by Gasteiger charge is 2.65. The van der Waals surface area contributed by atoms with Gasteiger partial charge in [0.2, 0.25) is 11.8 Å². The zero-order valence-electron chi connectivity index (χ0n) is 12.0. The highest BCUT2D eigenvalue weighted by molar-refractivity contribution is 6.06. The van der Waals surface area contributed by atoms with E-state index in [-0.39, 0.29) is 61.3 Å². The number of carbonyl (C=O) groups is 2. The van der Waals surface area contributed by atoms with Gasteiger partial charge in [-0.25, -0.2) is 0 Å². The van der Waals surface area contributed by atoms with Crippen LogP contribution < -0.4 is 0 Å². The first-order valence-electron chi connectivity index (χ1n) is 7.49. The standard InChI is InChI=1S/C16H21NO4/c1-2-4-16-5-3-11(10-16)12-13(16)15(20)17(14(12)19)6-8-21-9-7-18/h2-3,5,11-13,18H,1,4,6-10H2. The van der Waals surface area contributed by atoms with Gasteiger partial charge < -0.3 is 9.84 Å². The van der Waals surface area contributed by atoms with E-state index in [9.17, 15) is 9.59 Å². The van der Waals surface area contributed by atoms with Crippen LogP contribution in [0.5, 0.6) is 0 Å². The fraction of sp³-hybridized carbons (Fsp3) is 0.625. The summed E-state index contributed by atoms with van der Waals surface area (Å²) in [5.74, 6) is -0.352. The van der Waals surface area contributed by atoms with Crippen molar-refractivity contribution in [3.05, 3.63) is 24.8 Å². The van der Waals surface area contributed by atoms with E-state index in [2.05, 4.69) is 18.7 Å². The van der Waals surface area contributed by atoms with E-state index in [1.54, 1.807) is 0 Å². The number of hydrogen-bond donors (Lipinski definition) is 1. The molecule has 1 saturated carbocycles. The largest absolute Gasteiger partial charge is 0.394 e. The Hall–Kier alpha value is -1.46. The van der Waals surface area contributed by atoms with Gasteiger partial charge in [-0.05, 0) is 18.8 Å². The maximum Gasteiger partial charge on any atom is 0.234 e. The second-order valence-corrected chi connectivity index (χ2v) is 6.12. The molecule has 1 aliphatic heterocycles. The number of nitrogens with zero attached hydrogens (tertiary/aromatic N) is 1. The minimum absolute atomic E-state index is 0.0540. The van der Waals surface area contributed by atoms with E-state index in [0.29, 0.717) is 0 Å². The van der Waals surface area contributed by atoms with Crippen LogP contribution >= 0.6 is 0 Å². The maximum absolute atomic E-state index is 12.7. The molecule has 1 saturated heterocycles. The molecule has 1 N–H and O–H groups in total. The van der Waals surface area contributed by atoms with E-state index in [1.165, 1.54) is 4.90 Å². The third-order valence-electron chi connectivity index (χ3n) is 5.03. The summed E-state index contributed by atoms with van der Waals surface area (Å²) >= 11 is 0. The molecule has 3 rings (SSSR count). The van der Waals surface area contributed by atoms with Crippen LogP contribution in [-0.2, 0) is 14.3 Å². The molecule has 3 aliphatic rings. The zero-order chi connectivity index (χ0) is 15.0. The molecule has 1 heterocycles. The molecule has 2 fully saturated rings. The topological polar surface area (TPSA) is 66.8 Å². The molecule has 0 aromatic heterocycles. The van der Waals surface area contributed by atoms with Crippen molar-refractivity contribution in [1.82, 2.24) is 4.90 Å². The normalized spacial score (nSPS) is 36.6. The quantitative estimate of drug-likeness (QED) is 0.427. The molecule has 2 aliphatic carbocycles. The minimum Gasteiger partial charge on any atom is -0.394 e. The lowest BCUT2D eigenvalue weighted by Crippen LogP contribution is -2.37. The summed E-state index contributed by atoms with van der Waals surface area (Å²) in [5, 5.41) is 8.67. The summed E-state index contributed by atoms with van der Waals surface area (Å²) in [4.78, 5) is 26.6. The number of imide groups is 1. The smallest absolute Gasteiger partial charge is 0.234 e. The predicted octanol–water partition coefficient (Wildman–Crippen LogP) is 0.749. The van der Waals surface area contributed by atoms with E-state index < -0.39 is 0 Å². The molecule has 0 spiro atoms. The van der Waals surface area contributed by atoms with Crippen molar-refractivity contribution in [2.45, 2.75) is 12.8 Å². The Morgan fingerprint density at radius 1 is 1.43 bits per heavy atom. The number of likely N-dealkylation sites (tertiary alicyclic amines) is 1. The summed E-state index contributed by atoms with van der Waals surface area (Å²) in [7, 11) is 0. The number of amides is 2. The molecule has 4 unspecified atom stereocenters. The van der Waals surface area contributed by atoms with Crippen molar-refractivity contribution in [1.29, 1.82) is 0 Å². The Kier molecular flexibility index (Phi) is 3.71. The van der Waals surface area contributed by atoms with Crippen LogP contribution in [0.15, 0.2) is 24.8 Å². The van der Waals surface area contributed by atoms with Gasteiger partial charge >= 0.3 is 0 Å². The lowest BCUT2D eigenvalue weighted by atomic mass is 9.73. The second-order valence-electron chi connectivity index (χ2n) is 6.12. The summed E-state index contributed by atoms with van der Waals surface area (Å²) in [6, 6.07) is 0. The van der Waals surface area contributed by atoms with Gasteiger partial charge in [0.05, 0.1) is 38.2 Å². The molecule has 114 valence electrons. The number of hydrogen-bond acceptors (Lipinski definition) is 4. The SMILES string of the molecule is C=CCC12C=CC(C1)C1C(=O)N(CCOCCO)C(=O)C12. The van der Waals surface area contributed by atoms with Crippen LogP contribution in [0.1, 0.15) is 12.8 Å². The Morgan fingerprint density at radius 3 is 2.95 bits per heavy atom. The lowest BCUT2D eigenvalue weighted by Gasteiger charge is -2.29. The molecular formula is C16H21NO4. The molecular weight excluding hydrogens is 270 g/mol. The van der Waals surface area contributed by atoms with Gasteiger partial charge in [-0.1, -0.05) is 18.2 Å². The molecule has 0 radical (unpaired) electrons. The van der Waals surface area contributed by atoms with Gasteiger partial charge in [-0.3, -0.25) is 14.5 Å². The first-order valence-corrected chi connectivity index (χ1v) is 7.49. The molecule has 5 nitrogen and oxygen atoms in total. The molecule has 0 aromatic carbocycles. The number of carbonyl (C=O) groups excluding carboxylic acids is 2. The first-order chi connectivity index (χ1) is 10.1. The number of aliphatic hydroxyl groups excluding tert-OH is 1. The van der Waals surface area contributed by atoms with Crippen LogP contribution in [0.25, 0.3) is 0 Å². The van der Waals surface area contributed by atoms with Crippen molar-refractivity contribution in [2.75, 3.05) is 26.4 Å². The average molecular weight is 291 g/mol. The van der Waals surface area contributed by atoms with E-state index in [1.807, 2.05) is 6.08 Å². The Labute approximate surface area is 124 Å². The first kappa shape index (κ1) is 14.5.